The first-order valence-corrected chi connectivity index (χ1v) is 7.84. The zero-order valence-electron chi connectivity index (χ0n) is 11.6. The molecule has 1 aromatic rings. The predicted molar refractivity (Wildman–Crippen MR) is 79.4 cm³/mol. The minimum absolute atomic E-state index is 0.699. The molecule has 0 spiro atoms. The van der Waals surface area contributed by atoms with E-state index in [1.54, 1.807) is 11.3 Å². The van der Waals surface area contributed by atoms with Crippen molar-refractivity contribution >= 4 is 11.3 Å². The molecule has 18 heavy (non-hydrogen) atoms. The lowest BCUT2D eigenvalue weighted by Gasteiger charge is -2.37. The molecule has 1 fully saturated rings. The van der Waals surface area contributed by atoms with Crippen molar-refractivity contribution in [3.63, 3.8) is 0 Å². The van der Waals surface area contributed by atoms with Gasteiger partial charge in [-0.2, -0.15) is 11.3 Å². The Balaban J connectivity index is 1.53. The lowest BCUT2D eigenvalue weighted by molar-refractivity contribution is 0.106. The van der Waals surface area contributed by atoms with Gasteiger partial charge in [0.05, 0.1) is 0 Å². The monoisotopic (exact) mass is 267 g/mol. The fraction of sp³-hybridized carbons (Fsp3) is 0.714. The molecule has 1 aliphatic heterocycles. The highest BCUT2D eigenvalue weighted by Crippen LogP contribution is 2.06. The van der Waals surface area contributed by atoms with Crippen molar-refractivity contribution < 1.29 is 0 Å². The molecule has 102 valence electrons. The van der Waals surface area contributed by atoms with Crippen molar-refractivity contribution in [2.45, 2.75) is 19.4 Å². The van der Waals surface area contributed by atoms with Gasteiger partial charge in [0.1, 0.15) is 0 Å². The SMILES string of the molecule is CC1CN(CCNCCc2ccsc2)CCN1C. The number of piperazine rings is 1. The van der Waals surface area contributed by atoms with Gasteiger partial charge in [-0.3, -0.25) is 4.90 Å². The van der Waals surface area contributed by atoms with E-state index in [-0.39, 0.29) is 0 Å². The Kier molecular flexibility index (Phi) is 5.63. The summed E-state index contributed by atoms with van der Waals surface area (Å²) in [5.74, 6) is 0. The van der Waals surface area contributed by atoms with Gasteiger partial charge in [-0.25, -0.2) is 0 Å². The van der Waals surface area contributed by atoms with Crippen LogP contribution in [-0.4, -0.2) is 62.2 Å². The zero-order valence-corrected chi connectivity index (χ0v) is 12.4. The zero-order chi connectivity index (χ0) is 12.8. The summed E-state index contributed by atoms with van der Waals surface area (Å²) in [6.07, 6.45) is 1.16. The van der Waals surface area contributed by atoms with Gasteiger partial charge in [0.25, 0.3) is 0 Å². The lowest BCUT2D eigenvalue weighted by Crippen LogP contribution is -2.51. The maximum atomic E-state index is 3.55. The molecule has 1 aromatic heterocycles. The number of hydrogen-bond donors (Lipinski definition) is 1. The minimum Gasteiger partial charge on any atom is -0.315 e. The van der Waals surface area contributed by atoms with Gasteiger partial charge in [-0.05, 0) is 49.3 Å². The molecular weight excluding hydrogens is 242 g/mol. The summed E-state index contributed by atoms with van der Waals surface area (Å²) < 4.78 is 0. The molecule has 2 rings (SSSR count). The highest BCUT2D eigenvalue weighted by Gasteiger charge is 2.19. The predicted octanol–water partition coefficient (Wildman–Crippen LogP) is 1.52. The summed E-state index contributed by atoms with van der Waals surface area (Å²) in [4.78, 5) is 5.02. The second-order valence-corrected chi connectivity index (χ2v) is 6.04. The maximum absolute atomic E-state index is 3.55. The van der Waals surface area contributed by atoms with Gasteiger partial charge in [0, 0.05) is 38.8 Å². The van der Waals surface area contributed by atoms with Crippen LogP contribution in [0.25, 0.3) is 0 Å². The van der Waals surface area contributed by atoms with Crippen molar-refractivity contribution in [3.8, 4) is 0 Å². The smallest absolute Gasteiger partial charge is 0.0192 e. The summed E-state index contributed by atoms with van der Waals surface area (Å²) in [7, 11) is 2.22. The molecule has 0 radical (unpaired) electrons. The highest BCUT2D eigenvalue weighted by molar-refractivity contribution is 7.07. The van der Waals surface area contributed by atoms with Crippen molar-refractivity contribution in [1.29, 1.82) is 0 Å². The van der Waals surface area contributed by atoms with E-state index in [1.165, 1.54) is 31.7 Å². The molecular formula is C14H25N3S. The van der Waals surface area contributed by atoms with E-state index in [9.17, 15) is 0 Å². The Morgan fingerprint density at radius 3 is 3.00 bits per heavy atom. The quantitative estimate of drug-likeness (QED) is 0.788. The van der Waals surface area contributed by atoms with Gasteiger partial charge in [-0.15, -0.1) is 0 Å². The van der Waals surface area contributed by atoms with Crippen LogP contribution in [0, 0.1) is 0 Å². The number of nitrogens with zero attached hydrogens (tertiary/aromatic N) is 2. The Labute approximate surface area is 115 Å². The van der Waals surface area contributed by atoms with Gasteiger partial charge in [-0.1, -0.05) is 0 Å². The Hall–Kier alpha value is -0.420. The van der Waals surface area contributed by atoms with Crippen molar-refractivity contribution in [2.75, 3.05) is 46.3 Å². The number of nitrogens with one attached hydrogen (secondary N) is 1. The third-order valence-electron chi connectivity index (χ3n) is 3.82. The van der Waals surface area contributed by atoms with Gasteiger partial charge in [0.2, 0.25) is 0 Å². The average molecular weight is 267 g/mol. The summed E-state index contributed by atoms with van der Waals surface area (Å²) in [5.41, 5.74) is 1.46. The van der Waals surface area contributed by atoms with E-state index >= 15 is 0 Å². The number of thiophene rings is 1. The first-order valence-electron chi connectivity index (χ1n) is 6.90. The van der Waals surface area contributed by atoms with Crippen LogP contribution in [-0.2, 0) is 6.42 Å². The summed E-state index contributed by atoms with van der Waals surface area (Å²) in [6, 6.07) is 2.92. The number of rotatable bonds is 6. The van der Waals surface area contributed by atoms with Crippen LogP contribution in [0.2, 0.25) is 0 Å². The van der Waals surface area contributed by atoms with Crippen LogP contribution in [0.1, 0.15) is 12.5 Å². The molecule has 2 heterocycles. The van der Waals surface area contributed by atoms with Crippen molar-refractivity contribution in [2.24, 2.45) is 0 Å². The fourth-order valence-corrected chi connectivity index (χ4v) is 3.06. The molecule has 1 saturated heterocycles. The molecule has 0 aromatic carbocycles. The average Bonchev–Trinajstić information content (AvgIpc) is 2.86. The lowest BCUT2D eigenvalue weighted by atomic mass is 10.2. The van der Waals surface area contributed by atoms with E-state index in [0.717, 1.165) is 19.5 Å². The van der Waals surface area contributed by atoms with Crippen molar-refractivity contribution in [1.82, 2.24) is 15.1 Å². The normalized spacial score (nSPS) is 22.4. The van der Waals surface area contributed by atoms with Crippen LogP contribution >= 0.6 is 11.3 Å². The second kappa shape index (κ2) is 7.24. The van der Waals surface area contributed by atoms with E-state index < -0.39 is 0 Å². The fourth-order valence-electron chi connectivity index (χ4n) is 2.36. The molecule has 1 unspecified atom stereocenters. The maximum Gasteiger partial charge on any atom is 0.0192 e. The molecule has 3 nitrogen and oxygen atoms in total. The Morgan fingerprint density at radius 2 is 2.28 bits per heavy atom. The van der Waals surface area contributed by atoms with Crippen LogP contribution in [0.4, 0.5) is 0 Å². The Bertz CT molecular complexity index is 326. The Morgan fingerprint density at radius 1 is 1.39 bits per heavy atom. The first kappa shape index (κ1) is 14.0. The first-order chi connectivity index (χ1) is 8.75. The highest BCUT2D eigenvalue weighted by atomic mass is 32.1. The molecule has 0 amide bonds. The van der Waals surface area contributed by atoms with E-state index in [4.69, 9.17) is 0 Å². The van der Waals surface area contributed by atoms with Gasteiger partial charge in [0.15, 0.2) is 0 Å². The van der Waals surface area contributed by atoms with E-state index in [2.05, 4.69) is 45.9 Å². The molecule has 0 bridgehead atoms. The van der Waals surface area contributed by atoms with E-state index in [1.807, 2.05) is 0 Å². The number of likely N-dealkylation sites (N-methyl/N-ethyl adjacent to an activating group) is 1. The molecule has 1 N–H and O–H groups in total. The van der Waals surface area contributed by atoms with Crippen LogP contribution in [0.15, 0.2) is 16.8 Å². The van der Waals surface area contributed by atoms with E-state index in [0.29, 0.717) is 6.04 Å². The summed E-state index contributed by atoms with van der Waals surface area (Å²) >= 11 is 1.79. The summed E-state index contributed by atoms with van der Waals surface area (Å²) in [5, 5.41) is 7.94. The largest absolute Gasteiger partial charge is 0.315 e. The number of hydrogen-bond acceptors (Lipinski definition) is 4. The van der Waals surface area contributed by atoms with Crippen molar-refractivity contribution in [3.05, 3.63) is 22.4 Å². The third-order valence-corrected chi connectivity index (χ3v) is 4.55. The van der Waals surface area contributed by atoms with Gasteiger partial charge >= 0.3 is 0 Å². The summed E-state index contributed by atoms with van der Waals surface area (Å²) in [6.45, 7) is 9.34. The topological polar surface area (TPSA) is 18.5 Å². The molecule has 4 heteroatoms. The molecule has 0 aliphatic carbocycles. The van der Waals surface area contributed by atoms with Crippen LogP contribution < -0.4 is 5.32 Å². The third kappa shape index (κ3) is 4.35. The van der Waals surface area contributed by atoms with Crippen LogP contribution in [0.3, 0.4) is 0 Å². The second-order valence-electron chi connectivity index (χ2n) is 5.26. The minimum atomic E-state index is 0.699. The molecule has 1 atom stereocenters. The molecule has 0 saturated carbocycles. The van der Waals surface area contributed by atoms with Gasteiger partial charge < -0.3 is 10.2 Å². The molecule has 1 aliphatic rings. The standard InChI is InChI=1S/C14H25N3S/c1-13-11-17(9-8-16(13)2)7-6-15-5-3-14-4-10-18-12-14/h4,10,12-13,15H,3,5-9,11H2,1-2H3. The van der Waals surface area contributed by atoms with Crippen LogP contribution in [0.5, 0.6) is 0 Å².